The van der Waals surface area contributed by atoms with Crippen molar-refractivity contribution in [2.75, 3.05) is 37.7 Å². The van der Waals surface area contributed by atoms with Gasteiger partial charge >= 0.3 is 0 Å². The quantitative estimate of drug-likeness (QED) is 0.883. The van der Waals surface area contributed by atoms with Crippen molar-refractivity contribution in [3.8, 4) is 0 Å². The van der Waals surface area contributed by atoms with Crippen LogP contribution in [0.3, 0.4) is 0 Å². The highest BCUT2D eigenvalue weighted by Gasteiger charge is 2.31. The van der Waals surface area contributed by atoms with E-state index in [1.165, 1.54) is 0 Å². The number of anilines is 1. The van der Waals surface area contributed by atoms with E-state index >= 15 is 0 Å². The van der Waals surface area contributed by atoms with Crippen molar-refractivity contribution in [1.82, 2.24) is 10.3 Å². The van der Waals surface area contributed by atoms with Gasteiger partial charge in [0.2, 0.25) is 0 Å². The number of aliphatic hydroxyl groups is 1. The number of piperidine rings is 1. The van der Waals surface area contributed by atoms with Gasteiger partial charge in [0.15, 0.2) is 5.13 Å². The average molecular weight is 311 g/mol. The van der Waals surface area contributed by atoms with Crippen LogP contribution in [0.4, 0.5) is 5.13 Å². The molecule has 21 heavy (non-hydrogen) atoms. The van der Waals surface area contributed by atoms with Gasteiger partial charge in [-0.05, 0) is 19.8 Å². The molecule has 2 N–H and O–H groups in total. The molecular formula is C15H25N3O2S. The molecule has 5 nitrogen and oxygen atoms in total. The molecule has 2 aliphatic rings. The monoisotopic (exact) mass is 311 g/mol. The van der Waals surface area contributed by atoms with E-state index in [1.54, 1.807) is 11.3 Å². The van der Waals surface area contributed by atoms with Gasteiger partial charge in [0.25, 0.3) is 0 Å². The Hall–Kier alpha value is -0.690. The first kappa shape index (κ1) is 15.2. The van der Waals surface area contributed by atoms with Crippen molar-refractivity contribution in [3.05, 3.63) is 11.1 Å². The Bertz CT molecular complexity index is 452. The summed E-state index contributed by atoms with van der Waals surface area (Å²) in [6.07, 6.45) is 3.73. The summed E-state index contributed by atoms with van der Waals surface area (Å²) >= 11 is 1.73. The zero-order chi connectivity index (χ0) is 14.7. The predicted molar refractivity (Wildman–Crippen MR) is 85.1 cm³/mol. The van der Waals surface area contributed by atoms with Crippen molar-refractivity contribution < 1.29 is 9.84 Å². The standard InChI is InChI=1S/C15H25N3O2S/c1-12-10-21-14(17-12)18-6-2-13(3-7-18)16-11-15(19)4-8-20-9-5-15/h10,13,16,19H,2-9,11H2,1H3. The smallest absolute Gasteiger partial charge is 0.185 e. The molecule has 0 saturated carbocycles. The fourth-order valence-corrected chi connectivity index (χ4v) is 3.88. The van der Waals surface area contributed by atoms with Gasteiger partial charge in [-0.1, -0.05) is 0 Å². The van der Waals surface area contributed by atoms with E-state index in [1.807, 2.05) is 6.92 Å². The largest absolute Gasteiger partial charge is 0.388 e. The molecule has 0 atom stereocenters. The van der Waals surface area contributed by atoms with Crippen LogP contribution in [0.15, 0.2) is 5.38 Å². The van der Waals surface area contributed by atoms with Gasteiger partial charge in [-0.15, -0.1) is 11.3 Å². The van der Waals surface area contributed by atoms with Gasteiger partial charge in [-0.25, -0.2) is 4.98 Å². The average Bonchev–Trinajstić information content (AvgIpc) is 2.93. The van der Waals surface area contributed by atoms with Crippen molar-refractivity contribution >= 4 is 16.5 Å². The number of rotatable bonds is 4. The lowest BCUT2D eigenvalue weighted by Crippen LogP contribution is -2.50. The number of aromatic nitrogens is 1. The summed E-state index contributed by atoms with van der Waals surface area (Å²) in [5, 5.41) is 17.3. The molecule has 0 unspecified atom stereocenters. The number of hydrogen-bond donors (Lipinski definition) is 2. The van der Waals surface area contributed by atoms with Gasteiger partial charge < -0.3 is 20.1 Å². The predicted octanol–water partition coefficient (Wildman–Crippen LogP) is 1.55. The van der Waals surface area contributed by atoms with Crippen LogP contribution in [-0.2, 0) is 4.74 Å². The zero-order valence-corrected chi connectivity index (χ0v) is 13.5. The number of aryl methyl sites for hydroxylation is 1. The van der Waals surface area contributed by atoms with Crippen molar-refractivity contribution in [3.63, 3.8) is 0 Å². The maximum absolute atomic E-state index is 10.5. The summed E-state index contributed by atoms with van der Waals surface area (Å²) in [5.74, 6) is 0. The SMILES string of the molecule is Cc1csc(N2CCC(NCC3(O)CCOCC3)CC2)n1. The van der Waals surface area contributed by atoms with Crippen LogP contribution in [-0.4, -0.2) is 54.6 Å². The lowest BCUT2D eigenvalue weighted by molar-refractivity contribution is -0.0630. The molecule has 0 aliphatic carbocycles. The second kappa shape index (κ2) is 6.60. The van der Waals surface area contributed by atoms with E-state index in [4.69, 9.17) is 4.74 Å². The third kappa shape index (κ3) is 3.94. The first-order valence-corrected chi connectivity index (χ1v) is 8.73. The third-order valence-electron chi connectivity index (χ3n) is 4.52. The van der Waals surface area contributed by atoms with E-state index in [9.17, 15) is 5.11 Å². The summed E-state index contributed by atoms with van der Waals surface area (Å²) in [6, 6.07) is 0.508. The zero-order valence-electron chi connectivity index (χ0n) is 12.7. The summed E-state index contributed by atoms with van der Waals surface area (Å²) in [7, 11) is 0. The Morgan fingerprint density at radius 3 is 2.76 bits per heavy atom. The maximum atomic E-state index is 10.5. The van der Waals surface area contributed by atoms with Crippen LogP contribution in [0.1, 0.15) is 31.4 Å². The highest BCUT2D eigenvalue weighted by atomic mass is 32.1. The lowest BCUT2D eigenvalue weighted by Gasteiger charge is -2.36. The molecule has 3 rings (SSSR count). The van der Waals surface area contributed by atoms with Crippen molar-refractivity contribution in [1.29, 1.82) is 0 Å². The van der Waals surface area contributed by atoms with Gasteiger partial charge in [0.1, 0.15) is 0 Å². The number of ether oxygens (including phenoxy) is 1. The molecule has 2 aliphatic heterocycles. The Morgan fingerprint density at radius 2 is 2.14 bits per heavy atom. The van der Waals surface area contributed by atoms with Gasteiger partial charge in [-0.3, -0.25) is 0 Å². The first-order chi connectivity index (χ1) is 10.1. The highest BCUT2D eigenvalue weighted by molar-refractivity contribution is 7.13. The second-order valence-electron chi connectivity index (χ2n) is 6.25. The minimum Gasteiger partial charge on any atom is -0.388 e. The van der Waals surface area contributed by atoms with Gasteiger partial charge in [0, 0.05) is 57.1 Å². The molecule has 118 valence electrons. The number of nitrogens with zero attached hydrogens (tertiary/aromatic N) is 2. The van der Waals surface area contributed by atoms with Crippen LogP contribution in [0, 0.1) is 6.92 Å². The summed E-state index contributed by atoms with van der Waals surface area (Å²) in [6.45, 7) is 6.19. The minimum atomic E-state index is -0.568. The Kier molecular flexibility index (Phi) is 4.78. The van der Waals surface area contributed by atoms with Crippen LogP contribution in [0.5, 0.6) is 0 Å². The Balaban J connectivity index is 1.43. The number of nitrogens with one attached hydrogen (secondary N) is 1. The van der Waals surface area contributed by atoms with Crippen LogP contribution in [0.2, 0.25) is 0 Å². The van der Waals surface area contributed by atoms with Crippen molar-refractivity contribution in [2.24, 2.45) is 0 Å². The highest BCUT2D eigenvalue weighted by Crippen LogP contribution is 2.24. The van der Waals surface area contributed by atoms with E-state index in [0.717, 1.165) is 49.6 Å². The van der Waals surface area contributed by atoms with Crippen molar-refractivity contribution in [2.45, 2.75) is 44.2 Å². The molecular weight excluding hydrogens is 286 g/mol. The summed E-state index contributed by atoms with van der Waals surface area (Å²) in [4.78, 5) is 6.93. The Morgan fingerprint density at radius 1 is 1.43 bits per heavy atom. The summed E-state index contributed by atoms with van der Waals surface area (Å²) in [5.41, 5.74) is 0.541. The van der Waals surface area contributed by atoms with E-state index in [-0.39, 0.29) is 0 Å². The Labute approximate surface area is 130 Å². The van der Waals surface area contributed by atoms with Gasteiger partial charge in [-0.2, -0.15) is 0 Å². The molecule has 0 amide bonds. The van der Waals surface area contributed by atoms with Crippen LogP contribution >= 0.6 is 11.3 Å². The van der Waals surface area contributed by atoms with Gasteiger partial charge in [0.05, 0.1) is 11.3 Å². The third-order valence-corrected chi connectivity index (χ3v) is 5.53. The molecule has 2 saturated heterocycles. The van der Waals surface area contributed by atoms with E-state index < -0.39 is 5.60 Å². The van der Waals surface area contributed by atoms with Crippen LogP contribution < -0.4 is 10.2 Å². The second-order valence-corrected chi connectivity index (χ2v) is 7.09. The lowest BCUT2D eigenvalue weighted by atomic mass is 9.93. The molecule has 1 aromatic rings. The fourth-order valence-electron chi connectivity index (χ4n) is 3.02. The topological polar surface area (TPSA) is 57.6 Å². The normalized spacial score (nSPS) is 23.4. The minimum absolute atomic E-state index is 0.508. The molecule has 0 spiro atoms. The molecule has 0 bridgehead atoms. The molecule has 1 aromatic heterocycles. The molecule has 0 radical (unpaired) electrons. The number of thiazole rings is 1. The molecule has 3 heterocycles. The maximum Gasteiger partial charge on any atom is 0.185 e. The fraction of sp³-hybridized carbons (Fsp3) is 0.800. The number of hydrogen-bond acceptors (Lipinski definition) is 6. The first-order valence-electron chi connectivity index (χ1n) is 7.85. The van der Waals surface area contributed by atoms with E-state index in [2.05, 4.69) is 20.6 Å². The summed E-state index contributed by atoms with van der Waals surface area (Å²) < 4.78 is 5.32. The molecule has 6 heteroatoms. The molecule has 0 aromatic carbocycles. The van der Waals surface area contributed by atoms with E-state index in [0.29, 0.717) is 25.8 Å². The van der Waals surface area contributed by atoms with Crippen LogP contribution in [0.25, 0.3) is 0 Å². The molecule has 2 fully saturated rings.